The second kappa shape index (κ2) is 8.54. The molecule has 0 saturated heterocycles. The molecule has 4 rings (SSSR count). The number of rotatable bonds is 7. The van der Waals surface area contributed by atoms with Crippen molar-refractivity contribution in [2.24, 2.45) is 0 Å². The summed E-state index contributed by atoms with van der Waals surface area (Å²) < 4.78 is 41.4. The maximum atomic E-state index is 14.1. The Morgan fingerprint density at radius 3 is 2.56 bits per heavy atom. The van der Waals surface area contributed by atoms with Gasteiger partial charge in [-0.05, 0) is 24.4 Å². The average molecular weight is 438 g/mol. The van der Waals surface area contributed by atoms with Crippen LogP contribution >= 0.6 is 0 Å². The van der Waals surface area contributed by atoms with Gasteiger partial charge in [-0.25, -0.2) is 18.2 Å². The molecule has 0 aliphatic carbocycles. The standard InChI is InChI=1S/C23H17F3N4O2/c1-30(11-21-28-18-4-2-3-5-19(18)29-21)7-6-14-15(10-27-20(14)12-31)23(32)22-16(25)8-13(24)9-17(22)26/h2-10,12,27H,11H2,1H3,(H,28,29)/b7-6-. The van der Waals surface area contributed by atoms with E-state index in [1.54, 1.807) is 18.1 Å². The number of carbonyl (C=O) groups is 2. The predicted octanol–water partition coefficient (Wildman–Crippen LogP) is 4.45. The van der Waals surface area contributed by atoms with Crippen LogP contribution in [0.3, 0.4) is 0 Å². The smallest absolute Gasteiger partial charge is 0.201 e. The Bertz CT molecular complexity index is 1300. The minimum absolute atomic E-state index is 0.0599. The van der Waals surface area contributed by atoms with Crippen LogP contribution in [0.4, 0.5) is 13.2 Å². The molecule has 32 heavy (non-hydrogen) atoms. The van der Waals surface area contributed by atoms with Crippen LogP contribution in [0.2, 0.25) is 0 Å². The highest BCUT2D eigenvalue weighted by Crippen LogP contribution is 2.23. The van der Waals surface area contributed by atoms with Crippen LogP contribution < -0.4 is 0 Å². The zero-order chi connectivity index (χ0) is 22.8. The highest BCUT2D eigenvalue weighted by Gasteiger charge is 2.24. The first-order valence-corrected chi connectivity index (χ1v) is 9.55. The lowest BCUT2D eigenvalue weighted by atomic mass is 10.00. The van der Waals surface area contributed by atoms with Crippen LogP contribution in [0.5, 0.6) is 0 Å². The fourth-order valence-electron chi connectivity index (χ4n) is 3.38. The highest BCUT2D eigenvalue weighted by atomic mass is 19.1. The molecule has 2 aromatic carbocycles. The monoisotopic (exact) mass is 438 g/mol. The van der Waals surface area contributed by atoms with E-state index in [0.717, 1.165) is 11.0 Å². The predicted molar refractivity (Wildman–Crippen MR) is 113 cm³/mol. The fourth-order valence-corrected chi connectivity index (χ4v) is 3.38. The number of carbonyl (C=O) groups excluding carboxylic acids is 2. The number of aromatic amines is 2. The number of aldehydes is 1. The molecule has 0 bridgehead atoms. The molecule has 2 aromatic heterocycles. The molecule has 0 fully saturated rings. The molecule has 2 N–H and O–H groups in total. The molecule has 0 radical (unpaired) electrons. The quantitative estimate of drug-likeness (QED) is 0.330. The Labute approximate surface area is 180 Å². The van der Waals surface area contributed by atoms with Crippen molar-refractivity contribution >= 4 is 29.2 Å². The van der Waals surface area contributed by atoms with Gasteiger partial charge in [0.15, 0.2) is 6.29 Å². The Balaban J connectivity index is 1.61. The maximum Gasteiger partial charge on any atom is 0.201 e. The van der Waals surface area contributed by atoms with Gasteiger partial charge in [0, 0.05) is 36.5 Å². The van der Waals surface area contributed by atoms with Crippen LogP contribution in [0.15, 0.2) is 48.8 Å². The van der Waals surface area contributed by atoms with E-state index < -0.39 is 28.8 Å². The molecule has 0 spiro atoms. The van der Waals surface area contributed by atoms with Gasteiger partial charge in [-0.3, -0.25) is 9.59 Å². The van der Waals surface area contributed by atoms with Crippen LogP contribution in [-0.2, 0) is 6.54 Å². The second-order valence-electron chi connectivity index (χ2n) is 7.15. The zero-order valence-corrected chi connectivity index (χ0v) is 16.8. The van der Waals surface area contributed by atoms with Crippen molar-refractivity contribution in [2.75, 3.05) is 7.05 Å². The van der Waals surface area contributed by atoms with Crippen molar-refractivity contribution in [1.29, 1.82) is 0 Å². The van der Waals surface area contributed by atoms with Crippen LogP contribution in [0.1, 0.15) is 37.8 Å². The minimum atomic E-state index is -1.32. The van der Waals surface area contributed by atoms with Crippen LogP contribution in [-0.4, -0.2) is 39.0 Å². The molecule has 4 aromatic rings. The molecular weight excluding hydrogens is 421 g/mol. The van der Waals surface area contributed by atoms with Gasteiger partial charge in [0.1, 0.15) is 23.3 Å². The van der Waals surface area contributed by atoms with Gasteiger partial charge in [-0.15, -0.1) is 0 Å². The van der Waals surface area contributed by atoms with Crippen molar-refractivity contribution in [3.05, 3.63) is 94.5 Å². The van der Waals surface area contributed by atoms with E-state index in [0.29, 0.717) is 30.8 Å². The summed E-state index contributed by atoms with van der Waals surface area (Å²) in [6.45, 7) is 0.399. The first kappa shape index (κ1) is 21.1. The molecular formula is C23H17F3N4O2. The molecule has 0 saturated carbocycles. The van der Waals surface area contributed by atoms with E-state index in [9.17, 15) is 22.8 Å². The van der Waals surface area contributed by atoms with E-state index in [1.165, 1.54) is 12.3 Å². The van der Waals surface area contributed by atoms with E-state index in [1.807, 2.05) is 24.3 Å². The summed E-state index contributed by atoms with van der Waals surface area (Å²) in [6, 6.07) is 8.43. The Morgan fingerprint density at radius 2 is 1.88 bits per heavy atom. The molecule has 162 valence electrons. The number of fused-ring (bicyclic) bond motifs is 1. The largest absolute Gasteiger partial charge is 0.373 e. The van der Waals surface area contributed by atoms with Gasteiger partial charge >= 0.3 is 0 Å². The maximum absolute atomic E-state index is 14.1. The summed E-state index contributed by atoms with van der Waals surface area (Å²) in [4.78, 5) is 36.2. The Kier molecular flexibility index (Phi) is 5.63. The number of hydrogen-bond acceptors (Lipinski definition) is 4. The van der Waals surface area contributed by atoms with Gasteiger partial charge in [0.25, 0.3) is 0 Å². The van der Waals surface area contributed by atoms with Crippen molar-refractivity contribution in [1.82, 2.24) is 19.9 Å². The Hall–Kier alpha value is -4.14. The summed E-state index contributed by atoms with van der Waals surface area (Å²) >= 11 is 0. The SMILES string of the molecule is CN(/C=C\c1c(C(=O)c2c(F)cc(F)cc2F)c[nH]c1C=O)Cc1nc2ccccc2[nH]1. The van der Waals surface area contributed by atoms with E-state index >= 15 is 0 Å². The summed E-state index contributed by atoms with van der Waals surface area (Å²) in [5.41, 5.74) is 0.919. The lowest BCUT2D eigenvalue weighted by Crippen LogP contribution is -2.12. The number of hydrogen-bond donors (Lipinski definition) is 2. The fraction of sp³-hybridized carbons (Fsp3) is 0.0870. The molecule has 0 aliphatic heterocycles. The van der Waals surface area contributed by atoms with Crippen molar-refractivity contribution in [3.8, 4) is 0 Å². The topological polar surface area (TPSA) is 81.8 Å². The molecule has 0 unspecified atom stereocenters. The second-order valence-corrected chi connectivity index (χ2v) is 7.15. The van der Waals surface area contributed by atoms with Gasteiger partial charge in [-0.2, -0.15) is 0 Å². The summed E-state index contributed by atoms with van der Waals surface area (Å²) in [5.74, 6) is -4.08. The van der Waals surface area contributed by atoms with Crippen molar-refractivity contribution < 1.29 is 22.8 Å². The molecule has 9 heteroatoms. The molecule has 0 aliphatic rings. The number of para-hydroxylation sites is 2. The average Bonchev–Trinajstić information content (AvgIpc) is 3.34. The zero-order valence-electron chi connectivity index (χ0n) is 16.8. The van der Waals surface area contributed by atoms with E-state index in [2.05, 4.69) is 15.0 Å². The number of benzene rings is 2. The third-order valence-electron chi connectivity index (χ3n) is 4.88. The third kappa shape index (κ3) is 4.04. The van der Waals surface area contributed by atoms with E-state index in [-0.39, 0.29) is 16.8 Å². The third-order valence-corrected chi connectivity index (χ3v) is 4.88. The highest BCUT2D eigenvalue weighted by molar-refractivity contribution is 6.12. The lowest BCUT2D eigenvalue weighted by Gasteiger charge is -2.12. The summed E-state index contributed by atoms with van der Waals surface area (Å²) in [7, 11) is 1.76. The molecule has 2 heterocycles. The van der Waals surface area contributed by atoms with Gasteiger partial charge in [-0.1, -0.05) is 12.1 Å². The molecule has 0 amide bonds. The first-order valence-electron chi connectivity index (χ1n) is 9.55. The van der Waals surface area contributed by atoms with Gasteiger partial charge in [0.2, 0.25) is 5.78 Å². The van der Waals surface area contributed by atoms with Crippen molar-refractivity contribution in [2.45, 2.75) is 6.54 Å². The number of nitrogens with one attached hydrogen (secondary N) is 2. The minimum Gasteiger partial charge on any atom is -0.373 e. The summed E-state index contributed by atoms with van der Waals surface area (Å²) in [6.07, 6.45) is 4.77. The molecule has 6 nitrogen and oxygen atoms in total. The van der Waals surface area contributed by atoms with Crippen LogP contribution in [0, 0.1) is 17.5 Å². The Morgan fingerprint density at radius 1 is 1.16 bits per heavy atom. The number of aromatic nitrogens is 3. The number of halogens is 3. The normalized spacial score (nSPS) is 11.4. The first-order chi connectivity index (χ1) is 15.4. The van der Waals surface area contributed by atoms with E-state index in [4.69, 9.17) is 0 Å². The van der Waals surface area contributed by atoms with Gasteiger partial charge in [0.05, 0.1) is 28.8 Å². The van der Waals surface area contributed by atoms with Gasteiger partial charge < -0.3 is 14.9 Å². The lowest BCUT2D eigenvalue weighted by molar-refractivity contribution is 0.103. The molecule has 0 atom stereocenters. The summed E-state index contributed by atoms with van der Waals surface area (Å²) in [5, 5.41) is 0. The number of nitrogens with zero attached hydrogens (tertiary/aromatic N) is 2. The van der Waals surface area contributed by atoms with Crippen LogP contribution in [0.25, 0.3) is 17.1 Å². The number of ketones is 1. The number of imidazole rings is 1. The number of H-pyrrole nitrogens is 2. The van der Waals surface area contributed by atoms with Crippen molar-refractivity contribution in [3.63, 3.8) is 0 Å².